The van der Waals surface area contributed by atoms with Crippen LogP contribution in [0.15, 0.2) is 65.6 Å². The number of hydrogen-bond donors (Lipinski definition) is 4. The highest BCUT2D eigenvalue weighted by Crippen LogP contribution is 2.33. The number of primary amides is 1. The van der Waals surface area contributed by atoms with Gasteiger partial charge in [-0.2, -0.15) is 0 Å². The maximum atomic E-state index is 14.3. The van der Waals surface area contributed by atoms with Crippen molar-refractivity contribution in [2.75, 3.05) is 5.32 Å². The molecule has 0 bridgehead atoms. The Bertz CT molecular complexity index is 1770. The highest BCUT2D eigenvalue weighted by Gasteiger charge is 2.21. The van der Waals surface area contributed by atoms with Gasteiger partial charge in [0.05, 0.1) is 16.8 Å². The third-order valence-electron chi connectivity index (χ3n) is 5.97. The van der Waals surface area contributed by atoms with Crippen LogP contribution in [0, 0.1) is 17.5 Å². The Hall–Kier alpha value is -5.18. The molecule has 1 atom stereocenters. The summed E-state index contributed by atoms with van der Waals surface area (Å²) in [5, 5.41) is 14.0. The lowest BCUT2D eigenvalue weighted by atomic mass is 10.1. The van der Waals surface area contributed by atoms with E-state index in [9.17, 15) is 32.3 Å². The van der Waals surface area contributed by atoms with Crippen molar-refractivity contribution < 1.29 is 37.4 Å². The number of halogens is 3. The van der Waals surface area contributed by atoms with E-state index in [0.717, 1.165) is 29.5 Å². The van der Waals surface area contributed by atoms with Crippen molar-refractivity contribution in [2.45, 2.75) is 32.0 Å². The van der Waals surface area contributed by atoms with Crippen LogP contribution in [0.1, 0.15) is 23.4 Å². The molecule has 224 valence electrons. The number of hydrogen-bond acceptors (Lipinski definition) is 7. The molecule has 0 aliphatic heterocycles. The van der Waals surface area contributed by atoms with Gasteiger partial charge in [-0.15, -0.1) is 11.3 Å². The number of aromatic nitrogens is 2. The zero-order valence-corrected chi connectivity index (χ0v) is 23.0. The summed E-state index contributed by atoms with van der Waals surface area (Å²) in [7, 11) is 0. The molecule has 4 rings (SSSR count). The molecule has 0 saturated carbocycles. The second-order valence-corrected chi connectivity index (χ2v) is 10.2. The minimum atomic E-state index is -1.46. The minimum Gasteiger partial charge on any atom is -0.487 e. The number of ether oxygens (including phenoxy) is 1. The SMILES string of the molecule is NC(=O)/C=C/CCC(NC(=O)O)C(=O)Nc1cccn(Cc2nc3cc(F)cc(OCc4ccc(F)cc4F)c3s2)c1=O. The van der Waals surface area contributed by atoms with Crippen LogP contribution in [0.4, 0.5) is 23.7 Å². The number of benzene rings is 2. The van der Waals surface area contributed by atoms with Crippen LogP contribution in [-0.4, -0.2) is 38.6 Å². The average Bonchev–Trinajstić information content (AvgIpc) is 3.33. The number of allylic oxidation sites excluding steroid dienone is 1. The Labute approximate surface area is 245 Å². The van der Waals surface area contributed by atoms with E-state index in [1.165, 1.54) is 41.1 Å². The van der Waals surface area contributed by atoms with Crippen molar-refractivity contribution in [1.82, 2.24) is 14.9 Å². The maximum absolute atomic E-state index is 14.3. The van der Waals surface area contributed by atoms with Gasteiger partial charge in [-0.3, -0.25) is 14.4 Å². The van der Waals surface area contributed by atoms with Crippen molar-refractivity contribution in [3.05, 3.63) is 99.2 Å². The molecule has 0 aliphatic carbocycles. The molecule has 15 heteroatoms. The molecule has 0 spiro atoms. The molecule has 0 radical (unpaired) electrons. The minimum absolute atomic E-state index is 0.0105. The molecule has 2 aromatic heterocycles. The average molecular weight is 616 g/mol. The number of thiazole rings is 1. The Morgan fingerprint density at radius 1 is 1.14 bits per heavy atom. The number of nitrogens with one attached hydrogen (secondary N) is 2. The second-order valence-electron chi connectivity index (χ2n) is 9.11. The topological polar surface area (TPSA) is 166 Å². The predicted octanol–water partition coefficient (Wildman–Crippen LogP) is 3.90. The molecule has 2 heterocycles. The van der Waals surface area contributed by atoms with Gasteiger partial charge in [-0.1, -0.05) is 6.08 Å². The van der Waals surface area contributed by atoms with E-state index in [1.54, 1.807) is 0 Å². The number of nitrogens with two attached hydrogens (primary N) is 1. The maximum Gasteiger partial charge on any atom is 0.405 e. The van der Waals surface area contributed by atoms with E-state index in [-0.39, 0.29) is 48.5 Å². The van der Waals surface area contributed by atoms with Crippen LogP contribution in [0.5, 0.6) is 5.75 Å². The van der Waals surface area contributed by atoms with Crippen LogP contribution in [0.2, 0.25) is 0 Å². The van der Waals surface area contributed by atoms with Gasteiger partial charge in [0.25, 0.3) is 5.56 Å². The fourth-order valence-corrected chi connectivity index (χ4v) is 5.00. The summed E-state index contributed by atoms with van der Waals surface area (Å²) < 4.78 is 48.9. The molecule has 0 aliphatic rings. The van der Waals surface area contributed by atoms with Crippen LogP contribution >= 0.6 is 11.3 Å². The molecule has 0 fully saturated rings. The molecule has 3 amide bonds. The molecule has 43 heavy (non-hydrogen) atoms. The summed E-state index contributed by atoms with van der Waals surface area (Å²) in [4.78, 5) is 52.3. The molecule has 5 N–H and O–H groups in total. The summed E-state index contributed by atoms with van der Waals surface area (Å²) in [6, 6.07) is 6.90. The van der Waals surface area contributed by atoms with Crippen LogP contribution < -0.4 is 26.7 Å². The van der Waals surface area contributed by atoms with Crippen LogP contribution in [0.3, 0.4) is 0 Å². The highest BCUT2D eigenvalue weighted by atomic mass is 32.1. The lowest BCUT2D eigenvalue weighted by Gasteiger charge is -2.16. The first-order valence-corrected chi connectivity index (χ1v) is 13.4. The van der Waals surface area contributed by atoms with Crippen molar-refractivity contribution in [2.24, 2.45) is 5.73 Å². The number of pyridine rings is 1. The van der Waals surface area contributed by atoms with Crippen molar-refractivity contribution >= 4 is 45.1 Å². The standard InChI is InChI=1S/C28H24F3N5O6S/c29-16-8-7-15(18(31)10-16)14-42-22-12-17(30)11-21-25(22)43-24(33-21)13-36-9-3-5-20(27(36)39)34-26(38)19(35-28(40)41)4-1-2-6-23(32)37/h2-3,5-12,19,35H,1,4,13-14H2,(H2,32,37)(H,34,38)(H,40,41)/b6-2+. The Kier molecular flexibility index (Phi) is 9.77. The number of carboxylic acid groups (broad SMARTS) is 1. The quantitative estimate of drug-likeness (QED) is 0.176. The van der Waals surface area contributed by atoms with E-state index in [1.807, 2.05) is 0 Å². The van der Waals surface area contributed by atoms with E-state index in [2.05, 4.69) is 15.6 Å². The molecule has 4 aromatic rings. The summed E-state index contributed by atoms with van der Waals surface area (Å²) in [6.45, 7) is -0.359. The van der Waals surface area contributed by atoms with Crippen LogP contribution in [0.25, 0.3) is 10.2 Å². The van der Waals surface area contributed by atoms with Gasteiger partial charge in [0, 0.05) is 30.0 Å². The summed E-state index contributed by atoms with van der Waals surface area (Å²) in [6.07, 6.45) is 2.61. The first-order valence-electron chi connectivity index (χ1n) is 12.6. The number of nitrogens with zero attached hydrogens (tertiary/aromatic N) is 2. The fraction of sp³-hybridized carbons (Fsp3) is 0.179. The van der Waals surface area contributed by atoms with E-state index in [0.29, 0.717) is 15.8 Å². The van der Waals surface area contributed by atoms with E-state index >= 15 is 0 Å². The largest absolute Gasteiger partial charge is 0.487 e. The first kappa shape index (κ1) is 30.8. The van der Waals surface area contributed by atoms with Crippen molar-refractivity contribution in [3.8, 4) is 5.75 Å². The van der Waals surface area contributed by atoms with Gasteiger partial charge in [-0.25, -0.2) is 22.9 Å². The predicted molar refractivity (Wildman–Crippen MR) is 151 cm³/mol. The monoisotopic (exact) mass is 615 g/mol. The fourth-order valence-electron chi connectivity index (χ4n) is 3.99. The Balaban J connectivity index is 1.51. The molecule has 11 nitrogen and oxygen atoms in total. The Morgan fingerprint density at radius 2 is 1.93 bits per heavy atom. The number of carbonyl (C=O) groups excluding carboxylic acids is 2. The zero-order chi connectivity index (χ0) is 31.1. The molecule has 1 unspecified atom stereocenters. The number of carbonyl (C=O) groups is 3. The van der Waals surface area contributed by atoms with Gasteiger partial charge in [0.15, 0.2) is 0 Å². The Morgan fingerprint density at radius 3 is 2.65 bits per heavy atom. The second kappa shape index (κ2) is 13.7. The third-order valence-corrected chi connectivity index (χ3v) is 7.04. The van der Waals surface area contributed by atoms with Gasteiger partial charge >= 0.3 is 6.09 Å². The van der Waals surface area contributed by atoms with E-state index < -0.39 is 47.0 Å². The molecule has 0 saturated heterocycles. The lowest BCUT2D eigenvalue weighted by molar-refractivity contribution is -0.118. The number of rotatable bonds is 12. The van der Waals surface area contributed by atoms with Gasteiger partial charge in [-0.05, 0) is 43.2 Å². The third kappa shape index (κ3) is 8.19. The molecular weight excluding hydrogens is 591 g/mol. The number of fused-ring (bicyclic) bond motifs is 1. The number of amides is 3. The molecular formula is C28H24F3N5O6S. The summed E-state index contributed by atoms with van der Waals surface area (Å²) >= 11 is 1.10. The van der Waals surface area contributed by atoms with Crippen molar-refractivity contribution in [3.63, 3.8) is 0 Å². The van der Waals surface area contributed by atoms with Crippen molar-refractivity contribution in [1.29, 1.82) is 0 Å². The zero-order valence-electron chi connectivity index (χ0n) is 22.2. The summed E-state index contributed by atoms with van der Waals surface area (Å²) in [5.41, 5.74) is 4.57. The lowest BCUT2D eigenvalue weighted by Crippen LogP contribution is -2.44. The van der Waals surface area contributed by atoms with Gasteiger partial charge < -0.3 is 30.8 Å². The van der Waals surface area contributed by atoms with Crippen LogP contribution in [-0.2, 0) is 22.7 Å². The van der Waals surface area contributed by atoms with E-state index in [4.69, 9.17) is 15.6 Å². The summed E-state index contributed by atoms with van der Waals surface area (Å²) in [5.74, 6) is -3.62. The first-order chi connectivity index (χ1) is 20.5. The highest BCUT2D eigenvalue weighted by molar-refractivity contribution is 7.19. The normalized spacial score (nSPS) is 11.9. The molecule has 2 aromatic carbocycles. The van der Waals surface area contributed by atoms with Gasteiger partial charge in [0.1, 0.15) is 46.5 Å². The van der Waals surface area contributed by atoms with Gasteiger partial charge in [0.2, 0.25) is 11.8 Å². The number of anilines is 1. The smallest absolute Gasteiger partial charge is 0.405 e.